The molecule has 19 heavy (non-hydrogen) atoms. The SMILES string of the molecule is CCc1cccc(C)c1N1CCCNCC(C)C1=O. The number of nitrogens with one attached hydrogen (secondary N) is 1. The van der Waals surface area contributed by atoms with E-state index in [4.69, 9.17) is 0 Å². The second kappa shape index (κ2) is 6.20. The number of rotatable bonds is 2. The van der Waals surface area contributed by atoms with Crippen LogP contribution in [0.5, 0.6) is 0 Å². The summed E-state index contributed by atoms with van der Waals surface area (Å²) in [5.41, 5.74) is 3.62. The lowest BCUT2D eigenvalue weighted by Crippen LogP contribution is -2.44. The minimum Gasteiger partial charge on any atom is -0.316 e. The van der Waals surface area contributed by atoms with Crippen LogP contribution in [0.1, 0.15) is 31.4 Å². The Morgan fingerprint density at radius 3 is 2.95 bits per heavy atom. The number of carbonyl (C=O) groups is 1. The van der Waals surface area contributed by atoms with Crippen molar-refractivity contribution in [1.82, 2.24) is 5.32 Å². The van der Waals surface area contributed by atoms with Crippen LogP contribution in [-0.2, 0) is 11.2 Å². The molecule has 2 rings (SSSR count). The molecule has 3 nitrogen and oxygen atoms in total. The zero-order valence-corrected chi connectivity index (χ0v) is 12.2. The number of amides is 1. The Balaban J connectivity index is 2.39. The molecule has 104 valence electrons. The topological polar surface area (TPSA) is 32.3 Å². The van der Waals surface area contributed by atoms with Gasteiger partial charge in [0.2, 0.25) is 5.91 Å². The Hall–Kier alpha value is -1.35. The van der Waals surface area contributed by atoms with Gasteiger partial charge in [0.05, 0.1) is 0 Å². The molecular weight excluding hydrogens is 236 g/mol. The molecule has 1 fully saturated rings. The average Bonchev–Trinajstić information content (AvgIpc) is 2.41. The fraction of sp³-hybridized carbons (Fsp3) is 0.562. The fourth-order valence-electron chi connectivity index (χ4n) is 2.76. The van der Waals surface area contributed by atoms with Crippen molar-refractivity contribution in [2.75, 3.05) is 24.5 Å². The van der Waals surface area contributed by atoms with Crippen molar-refractivity contribution in [3.63, 3.8) is 0 Å². The van der Waals surface area contributed by atoms with E-state index in [9.17, 15) is 4.79 Å². The number of nitrogens with zero attached hydrogens (tertiary/aromatic N) is 1. The van der Waals surface area contributed by atoms with Crippen molar-refractivity contribution in [3.05, 3.63) is 29.3 Å². The summed E-state index contributed by atoms with van der Waals surface area (Å²) in [5.74, 6) is 0.292. The van der Waals surface area contributed by atoms with Crippen LogP contribution in [0, 0.1) is 12.8 Å². The standard InChI is InChI=1S/C16H24N2O/c1-4-14-8-5-7-12(2)15(14)18-10-6-9-17-11-13(3)16(18)19/h5,7-8,13,17H,4,6,9-11H2,1-3H3. The molecule has 1 aromatic rings. The molecule has 1 amide bonds. The van der Waals surface area contributed by atoms with Crippen LogP contribution < -0.4 is 10.2 Å². The molecule has 0 aromatic heterocycles. The molecule has 1 aliphatic rings. The van der Waals surface area contributed by atoms with E-state index in [1.165, 1.54) is 11.1 Å². The lowest BCUT2D eigenvalue weighted by atomic mass is 10.0. The molecule has 1 aromatic carbocycles. The zero-order valence-electron chi connectivity index (χ0n) is 12.2. The molecular formula is C16H24N2O. The molecule has 0 radical (unpaired) electrons. The molecule has 3 heteroatoms. The van der Waals surface area contributed by atoms with Crippen LogP contribution in [0.3, 0.4) is 0 Å². The highest BCUT2D eigenvalue weighted by atomic mass is 16.2. The fourth-order valence-corrected chi connectivity index (χ4v) is 2.76. The van der Waals surface area contributed by atoms with Crippen molar-refractivity contribution in [2.45, 2.75) is 33.6 Å². The minimum atomic E-state index is 0.0459. The van der Waals surface area contributed by atoms with Crippen molar-refractivity contribution in [2.24, 2.45) is 5.92 Å². The number of hydrogen-bond acceptors (Lipinski definition) is 2. The summed E-state index contributed by atoms with van der Waals surface area (Å²) in [4.78, 5) is 14.6. The molecule has 0 bridgehead atoms. The first kappa shape index (κ1) is 14.1. The third-order valence-electron chi connectivity index (χ3n) is 3.85. The monoisotopic (exact) mass is 260 g/mol. The summed E-state index contributed by atoms with van der Waals surface area (Å²) in [6, 6.07) is 6.32. The molecule has 1 unspecified atom stereocenters. The number of carbonyl (C=O) groups excluding carboxylic acids is 1. The number of aryl methyl sites for hydroxylation is 2. The third kappa shape index (κ3) is 2.98. The van der Waals surface area contributed by atoms with Gasteiger partial charge in [-0.15, -0.1) is 0 Å². The maximum atomic E-state index is 12.6. The number of benzene rings is 1. The summed E-state index contributed by atoms with van der Waals surface area (Å²) in [5, 5.41) is 3.34. The highest BCUT2D eigenvalue weighted by molar-refractivity contribution is 5.96. The van der Waals surface area contributed by atoms with Gasteiger partial charge in [-0.05, 0) is 37.4 Å². The van der Waals surface area contributed by atoms with Crippen molar-refractivity contribution in [3.8, 4) is 0 Å². The van der Waals surface area contributed by atoms with Crippen LogP contribution in [0.4, 0.5) is 5.69 Å². The van der Waals surface area contributed by atoms with Gasteiger partial charge >= 0.3 is 0 Å². The van der Waals surface area contributed by atoms with Gasteiger partial charge in [-0.3, -0.25) is 4.79 Å². The molecule has 1 saturated heterocycles. The van der Waals surface area contributed by atoms with Crippen LogP contribution in [0.15, 0.2) is 18.2 Å². The van der Waals surface area contributed by atoms with Gasteiger partial charge in [0.25, 0.3) is 0 Å². The first-order chi connectivity index (χ1) is 9.15. The largest absolute Gasteiger partial charge is 0.316 e. The van der Waals surface area contributed by atoms with Crippen molar-refractivity contribution in [1.29, 1.82) is 0 Å². The maximum Gasteiger partial charge on any atom is 0.231 e. The van der Waals surface area contributed by atoms with Crippen LogP contribution in [-0.4, -0.2) is 25.5 Å². The Bertz CT molecular complexity index is 456. The second-order valence-electron chi connectivity index (χ2n) is 5.38. The minimum absolute atomic E-state index is 0.0459. The summed E-state index contributed by atoms with van der Waals surface area (Å²) in [7, 11) is 0. The molecule has 0 saturated carbocycles. The van der Waals surface area contributed by atoms with E-state index in [0.717, 1.165) is 38.2 Å². The van der Waals surface area contributed by atoms with Gasteiger partial charge in [0.1, 0.15) is 0 Å². The van der Waals surface area contributed by atoms with Crippen LogP contribution in [0.2, 0.25) is 0 Å². The summed E-state index contributed by atoms with van der Waals surface area (Å²) in [6.07, 6.45) is 1.98. The van der Waals surface area contributed by atoms with Gasteiger partial charge < -0.3 is 10.2 Å². The first-order valence-corrected chi connectivity index (χ1v) is 7.25. The van der Waals surface area contributed by atoms with E-state index in [2.05, 4.69) is 37.4 Å². The number of hydrogen-bond donors (Lipinski definition) is 1. The molecule has 1 N–H and O–H groups in total. The Morgan fingerprint density at radius 1 is 1.42 bits per heavy atom. The van der Waals surface area contributed by atoms with Gasteiger partial charge in [0, 0.05) is 24.7 Å². The van der Waals surface area contributed by atoms with Gasteiger partial charge in [-0.1, -0.05) is 32.0 Å². The highest BCUT2D eigenvalue weighted by Crippen LogP contribution is 2.27. The predicted molar refractivity (Wildman–Crippen MR) is 79.6 cm³/mol. The smallest absolute Gasteiger partial charge is 0.231 e. The van der Waals surface area contributed by atoms with Gasteiger partial charge in [-0.25, -0.2) is 0 Å². The Labute approximate surface area is 116 Å². The zero-order chi connectivity index (χ0) is 13.8. The maximum absolute atomic E-state index is 12.6. The van der Waals surface area contributed by atoms with E-state index in [1.807, 2.05) is 11.8 Å². The molecule has 1 heterocycles. The van der Waals surface area contributed by atoms with Gasteiger partial charge in [0.15, 0.2) is 0 Å². The molecule has 1 atom stereocenters. The second-order valence-corrected chi connectivity index (χ2v) is 5.38. The third-order valence-corrected chi connectivity index (χ3v) is 3.85. The Morgan fingerprint density at radius 2 is 2.21 bits per heavy atom. The highest BCUT2D eigenvalue weighted by Gasteiger charge is 2.25. The van der Waals surface area contributed by atoms with Crippen LogP contribution >= 0.6 is 0 Å². The van der Waals surface area contributed by atoms with E-state index in [-0.39, 0.29) is 11.8 Å². The first-order valence-electron chi connectivity index (χ1n) is 7.25. The predicted octanol–water partition coefficient (Wildman–Crippen LogP) is 2.52. The average molecular weight is 260 g/mol. The number of para-hydroxylation sites is 1. The normalized spacial score (nSPS) is 21.1. The van der Waals surface area contributed by atoms with Crippen LogP contribution in [0.25, 0.3) is 0 Å². The lowest BCUT2D eigenvalue weighted by Gasteiger charge is -2.31. The lowest BCUT2D eigenvalue weighted by molar-refractivity contribution is -0.122. The van der Waals surface area contributed by atoms with Crippen molar-refractivity contribution < 1.29 is 4.79 Å². The van der Waals surface area contributed by atoms with E-state index in [0.29, 0.717) is 0 Å². The van der Waals surface area contributed by atoms with E-state index < -0.39 is 0 Å². The van der Waals surface area contributed by atoms with Crippen molar-refractivity contribution >= 4 is 11.6 Å². The summed E-state index contributed by atoms with van der Waals surface area (Å²) >= 11 is 0. The quantitative estimate of drug-likeness (QED) is 0.886. The van der Waals surface area contributed by atoms with E-state index >= 15 is 0 Å². The van der Waals surface area contributed by atoms with Gasteiger partial charge in [-0.2, -0.15) is 0 Å². The molecule has 0 spiro atoms. The van der Waals surface area contributed by atoms with E-state index in [1.54, 1.807) is 0 Å². The Kier molecular flexibility index (Phi) is 4.59. The summed E-state index contributed by atoms with van der Waals surface area (Å²) < 4.78 is 0. The summed E-state index contributed by atoms with van der Waals surface area (Å²) in [6.45, 7) is 8.84. The molecule has 1 aliphatic heterocycles. The molecule has 0 aliphatic carbocycles. The number of anilines is 1.